The van der Waals surface area contributed by atoms with Crippen LogP contribution in [0, 0.1) is 6.92 Å². The van der Waals surface area contributed by atoms with Crippen LogP contribution in [0.15, 0.2) is 65.1 Å². The van der Waals surface area contributed by atoms with E-state index in [9.17, 15) is 0 Å². The smallest absolute Gasteiger partial charge is 0.135 e. The summed E-state index contributed by atoms with van der Waals surface area (Å²) in [7, 11) is 0. The third-order valence-corrected chi connectivity index (χ3v) is 4.55. The second-order valence-electron chi connectivity index (χ2n) is 6.17. The predicted octanol–water partition coefficient (Wildman–Crippen LogP) is 6.51. The summed E-state index contributed by atoms with van der Waals surface area (Å²) in [4.78, 5) is 0. The molecule has 0 spiro atoms. The summed E-state index contributed by atoms with van der Waals surface area (Å²) < 4.78 is 6.00. The maximum absolute atomic E-state index is 6.00. The zero-order valence-corrected chi connectivity index (χ0v) is 13.6. The second kappa shape index (κ2) is 5.58. The molecule has 4 rings (SSSR count). The Balaban J connectivity index is 2.00. The standard InChI is InChI=1S/C22H20O/c1-3-8-16-9-4-5-10-17(16)19-14-20-18-11-6-7-12-21(18)23-22(20)13-15(19)2/h4-7,9-14H,3,8H2,1-2H3. The van der Waals surface area contributed by atoms with Crippen LogP contribution in [0.3, 0.4) is 0 Å². The van der Waals surface area contributed by atoms with Gasteiger partial charge in [0.25, 0.3) is 0 Å². The van der Waals surface area contributed by atoms with Crippen LogP contribution in [-0.2, 0) is 6.42 Å². The molecule has 0 N–H and O–H groups in total. The van der Waals surface area contributed by atoms with E-state index >= 15 is 0 Å². The Kier molecular flexibility index (Phi) is 3.42. The van der Waals surface area contributed by atoms with Crippen molar-refractivity contribution in [2.45, 2.75) is 26.7 Å². The van der Waals surface area contributed by atoms with Gasteiger partial charge in [0.1, 0.15) is 11.2 Å². The molecule has 0 atom stereocenters. The third-order valence-electron chi connectivity index (χ3n) is 4.55. The molecule has 1 aromatic heterocycles. The largest absolute Gasteiger partial charge is 0.456 e. The molecule has 0 amide bonds. The highest BCUT2D eigenvalue weighted by atomic mass is 16.3. The van der Waals surface area contributed by atoms with E-state index in [1.807, 2.05) is 12.1 Å². The minimum atomic E-state index is 0.959. The summed E-state index contributed by atoms with van der Waals surface area (Å²) >= 11 is 0. The Bertz CT molecular complexity index is 991. The van der Waals surface area contributed by atoms with E-state index in [1.165, 1.54) is 33.0 Å². The van der Waals surface area contributed by atoms with Gasteiger partial charge in [-0.3, -0.25) is 0 Å². The van der Waals surface area contributed by atoms with Crippen LogP contribution in [0.1, 0.15) is 24.5 Å². The van der Waals surface area contributed by atoms with Crippen LogP contribution < -0.4 is 0 Å². The highest BCUT2D eigenvalue weighted by Gasteiger charge is 2.12. The SMILES string of the molecule is CCCc1ccccc1-c1cc2c(cc1C)oc1ccccc12. The number of aryl methyl sites for hydroxylation is 2. The lowest BCUT2D eigenvalue weighted by Crippen LogP contribution is -1.91. The normalized spacial score (nSPS) is 11.4. The lowest BCUT2D eigenvalue weighted by atomic mass is 9.92. The number of fused-ring (bicyclic) bond motifs is 3. The Morgan fingerprint density at radius 1 is 0.783 bits per heavy atom. The fourth-order valence-corrected chi connectivity index (χ4v) is 3.43. The molecule has 114 valence electrons. The van der Waals surface area contributed by atoms with Gasteiger partial charge in [-0.25, -0.2) is 0 Å². The number of benzene rings is 3. The fourth-order valence-electron chi connectivity index (χ4n) is 3.43. The van der Waals surface area contributed by atoms with E-state index in [0.29, 0.717) is 0 Å². The highest BCUT2D eigenvalue weighted by molar-refractivity contribution is 6.06. The number of rotatable bonds is 3. The van der Waals surface area contributed by atoms with Gasteiger partial charge in [0.05, 0.1) is 0 Å². The lowest BCUT2D eigenvalue weighted by Gasteiger charge is -2.12. The number of furan rings is 1. The molecule has 4 aromatic rings. The van der Waals surface area contributed by atoms with E-state index in [0.717, 1.165) is 24.0 Å². The van der Waals surface area contributed by atoms with Crippen molar-refractivity contribution in [3.05, 3.63) is 71.8 Å². The van der Waals surface area contributed by atoms with Crippen molar-refractivity contribution in [3.63, 3.8) is 0 Å². The Hall–Kier alpha value is -2.54. The Morgan fingerprint density at radius 3 is 2.43 bits per heavy atom. The maximum atomic E-state index is 6.00. The van der Waals surface area contributed by atoms with Gasteiger partial charge in [-0.15, -0.1) is 0 Å². The molecule has 1 heteroatoms. The van der Waals surface area contributed by atoms with Crippen molar-refractivity contribution in [3.8, 4) is 11.1 Å². The average molecular weight is 300 g/mol. The van der Waals surface area contributed by atoms with Gasteiger partial charge in [-0.2, -0.15) is 0 Å². The third kappa shape index (κ3) is 2.33. The summed E-state index contributed by atoms with van der Waals surface area (Å²) in [5, 5.41) is 2.39. The van der Waals surface area contributed by atoms with Gasteiger partial charge in [-0.1, -0.05) is 55.8 Å². The van der Waals surface area contributed by atoms with E-state index < -0.39 is 0 Å². The van der Waals surface area contributed by atoms with Gasteiger partial charge in [0.2, 0.25) is 0 Å². The topological polar surface area (TPSA) is 13.1 Å². The number of hydrogen-bond acceptors (Lipinski definition) is 1. The van der Waals surface area contributed by atoms with Gasteiger partial charge in [-0.05, 0) is 53.8 Å². The van der Waals surface area contributed by atoms with E-state index in [1.54, 1.807) is 0 Å². The van der Waals surface area contributed by atoms with Crippen LogP contribution in [-0.4, -0.2) is 0 Å². The zero-order valence-electron chi connectivity index (χ0n) is 13.6. The van der Waals surface area contributed by atoms with Gasteiger partial charge < -0.3 is 4.42 Å². The summed E-state index contributed by atoms with van der Waals surface area (Å²) in [6.45, 7) is 4.40. The second-order valence-corrected chi connectivity index (χ2v) is 6.17. The first-order valence-electron chi connectivity index (χ1n) is 8.28. The van der Waals surface area contributed by atoms with Crippen molar-refractivity contribution >= 4 is 21.9 Å². The molecule has 0 unspecified atom stereocenters. The molecule has 0 aliphatic carbocycles. The number of hydrogen-bond donors (Lipinski definition) is 0. The molecule has 1 nitrogen and oxygen atoms in total. The lowest BCUT2D eigenvalue weighted by molar-refractivity contribution is 0.668. The summed E-state index contributed by atoms with van der Waals surface area (Å²) in [6, 6.07) is 21.5. The molecular weight excluding hydrogens is 280 g/mol. The molecular formula is C22H20O. The molecule has 0 aliphatic rings. The van der Waals surface area contributed by atoms with Crippen molar-refractivity contribution in [2.75, 3.05) is 0 Å². The van der Waals surface area contributed by atoms with Crippen molar-refractivity contribution in [1.29, 1.82) is 0 Å². The molecule has 1 heterocycles. The molecule has 0 saturated heterocycles. The summed E-state index contributed by atoms with van der Waals surface area (Å²) in [5.74, 6) is 0. The molecule has 0 bridgehead atoms. The molecule has 0 radical (unpaired) electrons. The predicted molar refractivity (Wildman–Crippen MR) is 97.9 cm³/mol. The molecule has 0 saturated carbocycles. The first-order valence-corrected chi connectivity index (χ1v) is 8.28. The monoisotopic (exact) mass is 300 g/mol. The van der Waals surface area contributed by atoms with E-state index in [2.05, 4.69) is 62.4 Å². The van der Waals surface area contributed by atoms with E-state index in [4.69, 9.17) is 4.42 Å². The quantitative estimate of drug-likeness (QED) is 0.420. The molecule has 23 heavy (non-hydrogen) atoms. The van der Waals surface area contributed by atoms with Crippen molar-refractivity contribution in [2.24, 2.45) is 0 Å². The maximum Gasteiger partial charge on any atom is 0.135 e. The van der Waals surface area contributed by atoms with Crippen molar-refractivity contribution in [1.82, 2.24) is 0 Å². The zero-order chi connectivity index (χ0) is 15.8. The van der Waals surface area contributed by atoms with Crippen LogP contribution in [0.4, 0.5) is 0 Å². The van der Waals surface area contributed by atoms with Crippen LogP contribution in [0.5, 0.6) is 0 Å². The molecule has 0 aliphatic heterocycles. The molecule has 3 aromatic carbocycles. The fraction of sp³-hybridized carbons (Fsp3) is 0.182. The first kappa shape index (κ1) is 14.1. The summed E-state index contributed by atoms with van der Waals surface area (Å²) in [5.41, 5.74) is 7.28. The van der Waals surface area contributed by atoms with Gasteiger partial charge >= 0.3 is 0 Å². The summed E-state index contributed by atoms with van der Waals surface area (Å²) in [6.07, 6.45) is 2.27. The van der Waals surface area contributed by atoms with Crippen LogP contribution in [0.25, 0.3) is 33.1 Å². The number of para-hydroxylation sites is 1. The van der Waals surface area contributed by atoms with E-state index in [-0.39, 0.29) is 0 Å². The minimum Gasteiger partial charge on any atom is -0.456 e. The van der Waals surface area contributed by atoms with Crippen LogP contribution in [0.2, 0.25) is 0 Å². The molecule has 0 fully saturated rings. The van der Waals surface area contributed by atoms with Crippen LogP contribution >= 0.6 is 0 Å². The minimum absolute atomic E-state index is 0.959. The van der Waals surface area contributed by atoms with Gasteiger partial charge in [0.15, 0.2) is 0 Å². The highest BCUT2D eigenvalue weighted by Crippen LogP contribution is 2.35. The Labute approximate surface area is 136 Å². The Morgan fingerprint density at radius 2 is 1.57 bits per heavy atom. The van der Waals surface area contributed by atoms with Gasteiger partial charge in [0, 0.05) is 10.8 Å². The average Bonchev–Trinajstić information content (AvgIpc) is 2.92. The first-order chi connectivity index (χ1) is 11.3. The van der Waals surface area contributed by atoms with Crippen molar-refractivity contribution < 1.29 is 4.42 Å².